The number of rotatable bonds is 5. The van der Waals surface area contributed by atoms with Crippen molar-refractivity contribution >= 4 is 38.7 Å². The molecule has 1 fully saturated rings. The van der Waals surface area contributed by atoms with Crippen LogP contribution in [0.25, 0.3) is 10.9 Å². The smallest absolute Gasteiger partial charge is 0.335 e. The number of aromatic carboxylic acids is 1. The van der Waals surface area contributed by atoms with Crippen molar-refractivity contribution < 1.29 is 18.3 Å². The first-order chi connectivity index (χ1) is 13.9. The van der Waals surface area contributed by atoms with Crippen LogP contribution in [-0.2, 0) is 16.6 Å². The molecule has 0 unspecified atom stereocenters. The van der Waals surface area contributed by atoms with Crippen LogP contribution >= 0.6 is 11.6 Å². The number of carboxylic acid groups (broad SMARTS) is 1. The van der Waals surface area contributed by atoms with Crippen molar-refractivity contribution in [2.75, 3.05) is 13.1 Å². The Morgan fingerprint density at radius 3 is 2.34 bits per heavy atom. The summed E-state index contributed by atoms with van der Waals surface area (Å²) in [7, 11) is -3.72. The molecule has 0 amide bonds. The van der Waals surface area contributed by atoms with Gasteiger partial charge in [-0.2, -0.15) is 12.7 Å². The number of hydrogen-bond donors (Lipinski definition) is 1. The molecule has 2 heterocycles. The first-order valence-electron chi connectivity index (χ1n) is 9.49. The van der Waals surface area contributed by atoms with E-state index in [1.165, 1.54) is 16.1 Å². The predicted molar refractivity (Wildman–Crippen MR) is 113 cm³/mol. The molecule has 6 nitrogen and oxygen atoms in total. The van der Waals surface area contributed by atoms with Crippen molar-refractivity contribution in [1.29, 1.82) is 0 Å². The molecule has 0 spiro atoms. The van der Waals surface area contributed by atoms with Gasteiger partial charge < -0.3 is 5.11 Å². The summed E-state index contributed by atoms with van der Waals surface area (Å²) in [5, 5.41) is 10.4. The lowest BCUT2D eigenvalue weighted by atomic mass is 10.1. The summed E-state index contributed by atoms with van der Waals surface area (Å²) >= 11 is 6.13. The Labute approximate surface area is 174 Å². The zero-order valence-corrected chi connectivity index (χ0v) is 17.3. The molecular weight excluding hydrogens is 412 g/mol. The highest BCUT2D eigenvalue weighted by molar-refractivity contribution is 7.87. The Morgan fingerprint density at radius 2 is 1.69 bits per heavy atom. The zero-order valence-electron chi connectivity index (χ0n) is 15.7. The van der Waals surface area contributed by atoms with Gasteiger partial charge in [-0.05, 0) is 54.8 Å². The maximum absolute atomic E-state index is 13.5. The third kappa shape index (κ3) is 3.90. The van der Waals surface area contributed by atoms with Crippen molar-refractivity contribution in [2.24, 2.45) is 0 Å². The molecule has 1 aliphatic heterocycles. The molecule has 1 N–H and O–H groups in total. The number of aromatic nitrogens is 1. The lowest BCUT2D eigenvalue weighted by Crippen LogP contribution is -2.39. The quantitative estimate of drug-likeness (QED) is 0.656. The van der Waals surface area contributed by atoms with E-state index in [9.17, 15) is 13.2 Å². The van der Waals surface area contributed by atoms with E-state index in [1.807, 2.05) is 6.07 Å². The lowest BCUT2D eigenvalue weighted by Gasteiger charge is -2.27. The lowest BCUT2D eigenvalue weighted by molar-refractivity contribution is 0.0697. The second-order valence-electron chi connectivity index (χ2n) is 7.25. The van der Waals surface area contributed by atoms with E-state index in [1.54, 1.807) is 34.6 Å². The van der Waals surface area contributed by atoms with Crippen molar-refractivity contribution in [3.63, 3.8) is 0 Å². The van der Waals surface area contributed by atoms with Crippen LogP contribution in [0.3, 0.4) is 0 Å². The number of hydrogen-bond acceptors (Lipinski definition) is 3. The van der Waals surface area contributed by atoms with Crippen LogP contribution in [0.2, 0.25) is 5.02 Å². The fourth-order valence-corrected chi connectivity index (χ4v) is 5.76. The maximum atomic E-state index is 13.5. The molecule has 2 aromatic carbocycles. The first-order valence-corrected chi connectivity index (χ1v) is 11.3. The Morgan fingerprint density at radius 1 is 1.00 bits per heavy atom. The molecule has 0 bridgehead atoms. The molecule has 4 rings (SSSR count). The Hall–Kier alpha value is -2.35. The monoisotopic (exact) mass is 432 g/mol. The van der Waals surface area contributed by atoms with Crippen molar-refractivity contribution in [3.8, 4) is 0 Å². The first kappa shape index (κ1) is 19.9. The van der Waals surface area contributed by atoms with E-state index in [-0.39, 0.29) is 5.56 Å². The van der Waals surface area contributed by atoms with Crippen LogP contribution in [0, 0.1) is 0 Å². The number of carbonyl (C=O) groups is 1. The second-order valence-corrected chi connectivity index (χ2v) is 9.46. The number of halogens is 1. The number of piperidine rings is 1. The van der Waals surface area contributed by atoms with E-state index in [2.05, 4.69) is 0 Å². The van der Waals surface area contributed by atoms with Gasteiger partial charge in [-0.15, -0.1) is 0 Å². The van der Waals surface area contributed by atoms with Crippen molar-refractivity contribution in [2.45, 2.75) is 25.7 Å². The molecule has 8 heteroatoms. The van der Waals surface area contributed by atoms with Crippen LogP contribution in [0.1, 0.15) is 40.9 Å². The summed E-state index contributed by atoms with van der Waals surface area (Å²) in [5.74, 6) is -0.993. The molecule has 0 radical (unpaired) electrons. The molecule has 1 aromatic heterocycles. The third-order valence-corrected chi connectivity index (χ3v) is 7.39. The molecular formula is C21H21ClN2O4S. The minimum absolute atomic E-state index is 0.196. The summed E-state index contributed by atoms with van der Waals surface area (Å²) in [6.07, 6.45) is 3.11. The highest BCUT2D eigenvalue weighted by atomic mass is 35.5. The highest BCUT2D eigenvalue weighted by Gasteiger charge is 2.29. The van der Waals surface area contributed by atoms with Gasteiger partial charge in [-0.25, -0.2) is 8.77 Å². The van der Waals surface area contributed by atoms with Gasteiger partial charge in [0.15, 0.2) is 0 Å². The van der Waals surface area contributed by atoms with Crippen LogP contribution in [-0.4, -0.2) is 40.9 Å². The van der Waals surface area contributed by atoms with Gasteiger partial charge in [0.1, 0.15) is 0 Å². The summed E-state index contributed by atoms with van der Waals surface area (Å²) in [4.78, 5) is 11.1. The van der Waals surface area contributed by atoms with E-state index in [4.69, 9.17) is 16.7 Å². The molecule has 152 valence electrons. The number of fused-ring (bicyclic) bond motifs is 1. The number of carboxylic acids is 1. The number of nitrogens with zero attached hydrogens (tertiary/aromatic N) is 2. The van der Waals surface area contributed by atoms with Crippen molar-refractivity contribution in [3.05, 3.63) is 70.4 Å². The summed E-state index contributed by atoms with van der Waals surface area (Å²) in [5.41, 5.74) is 2.24. The average molecular weight is 433 g/mol. The summed E-state index contributed by atoms with van der Waals surface area (Å²) in [6.45, 7) is 1.03. The predicted octanol–water partition coefficient (Wildman–Crippen LogP) is 4.16. The topological polar surface area (TPSA) is 79.6 Å². The maximum Gasteiger partial charge on any atom is 0.335 e. The van der Waals surface area contributed by atoms with Gasteiger partial charge in [0.25, 0.3) is 0 Å². The van der Waals surface area contributed by atoms with E-state index < -0.39 is 16.2 Å². The highest BCUT2D eigenvalue weighted by Crippen LogP contribution is 2.29. The minimum Gasteiger partial charge on any atom is -0.478 e. The van der Waals surface area contributed by atoms with Crippen LogP contribution in [0.5, 0.6) is 0 Å². The normalized spacial score (nSPS) is 15.6. The van der Waals surface area contributed by atoms with Gasteiger partial charge in [0.05, 0.1) is 11.1 Å². The van der Waals surface area contributed by atoms with Crippen LogP contribution in [0.4, 0.5) is 0 Å². The largest absolute Gasteiger partial charge is 0.478 e. The molecule has 0 aliphatic carbocycles. The van der Waals surface area contributed by atoms with Gasteiger partial charge in [-0.1, -0.05) is 30.2 Å². The third-order valence-electron chi connectivity index (χ3n) is 5.25. The Bertz CT molecular complexity index is 1160. The van der Waals surface area contributed by atoms with Gasteiger partial charge in [-0.3, -0.25) is 0 Å². The fourth-order valence-electron chi connectivity index (χ4n) is 3.80. The number of benzene rings is 2. The van der Waals surface area contributed by atoms with E-state index in [0.717, 1.165) is 30.2 Å². The molecule has 0 saturated carbocycles. The second kappa shape index (κ2) is 7.82. The standard InChI is InChI=1S/C21H21ClN2O4S/c22-18-8-9-20-17(13-18)14-19(12-15-4-6-16(7-5-15)21(25)26)24(20)29(27,28)23-10-2-1-3-11-23/h4-9,13-14H,1-3,10-12H2,(H,25,26). The molecule has 1 aliphatic rings. The van der Waals surface area contributed by atoms with Gasteiger partial charge in [0, 0.05) is 35.6 Å². The van der Waals surface area contributed by atoms with Crippen LogP contribution in [0.15, 0.2) is 48.5 Å². The SMILES string of the molecule is O=C(O)c1ccc(Cc2cc3cc(Cl)ccc3n2S(=O)(=O)N2CCCCC2)cc1. The molecule has 1 saturated heterocycles. The zero-order chi connectivity index (χ0) is 20.6. The van der Waals surface area contributed by atoms with E-state index >= 15 is 0 Å². The summed E-state index contributed by atoms with van der Waals surface area (Å²) < 4.78 is 29.9. The fraction of sp³-hybridized carbons (Fsp3) is 0.286. The minimum atomic E-state index is -3.72. The molecule has 29 heavy (non-hydrogen) atoms. The van der Waals surface area contributed by atoms with Crippen molar-refractivity contribution in [1.82, 2.24) is 8.28 Å². The van der Waals surface area contributed by atoms with Gasteiger partial charge in [0.2, 0.25) is 0 Å². The summed E-state index contributed by atoms with van der Waals surface area (Å²) in [6, 6.07) is 13.5. The van der Waals surface area contributed by atoms with E-state index in [0.29, 0.717) is 35.7 Å². The van der Waals surface area contributed by atoms with Gasteiger partial charge >= 0.3 is 16.2 Å². The Kier molecular flexibility index (Phi) is 5.38. The van der Waals surface area contributed by atoms with Crippen LogP contribution < -0.4 is 0 Å². The molecule has 3 aromatic rings. The average Bonchev–Trinajstić information content (AvgIpc) is 3.06. The molecule has 0 atom stereocenters. The Balaban J connectivity index is 1.80.